The number of aryl methyl sites for hydroxylation is 1. The monoisotopic (exact) mass is 163 g/mol. The van der Waals surface area contributed by atoms with Gasteiger partial charge in [-0.05, 0) is 30.0 Å². The molecule has 0 bridgehead atoms. The van der Waals surface area contributed by atoms with E-state index in [-0.39, 0.29) is 0 Å². The highest BCUT2D eigenvalue weighted by molar-refractivity contribution is 7.13. The van der Waals surface area contributed by atoms with Crippen molar-refractivity contribution in [3.8, 4) is 10.4 Å². The maximum absolute atomic E-state index is 3.04. The molecule has 0 saturated carbocycles. The third kappa shape index (κ3) is 1.21. The Kier molecular flexibility index (Phi) is 1.55. The Balaban J connectivity index is 2.45. The van der Waals surface area contributed by atoms with Gasteiger partial charge in [-0.15, -0.1) is 11.3 Å². The van der Waals surface area contributed by atoms with Crippen LogP contribution in [0.5, 0.6) is 0 Å². The predicted molar refractivity (Wildman–Crippen MR) is 48.8 cm³/mol. The first kappa shape index (κ1) is 6.68. The van der Waals surface area contributed by atoms with Crippen molar-refractivity contribution < 1.29 is 0 Å². The minimum atomic E-state index is 1.28. The predicted octanol–water partition coefficient (Wildman–Crippen LogP) is 3.05. The first-order valence-corrected chi connectivity index (χ1v) is 4.42. The maximum Gasteiger partial charge on any atom is 0.0360 e. The van der Waals surface area contributed by atoms with Crippen LogP contribution in [0.2, 0.25) is 0 Å². The van der Waals surface area contributed by atoms with E-state index in [0.717, 1.165) is 0 Å². The third-order valence-corrected chi connectivity index (χ3v) is 2.71. The minimum Gasteiger partial charge on any atom is -0.367 e. The molecule has 0 amide bonds. The van der Waals surface area contributed by atoms with Gasteiger partial charge in [-0.25, -0.2) is 0 Å². The Bertz CT molecular complexity index is 332. The van der Waals surface area contributed by atoms with E-state index in [2.05, 4.69) is 29.4 Å². The van der Waals surface area contributed by atoms with E-state index >= 15 is 0 Å². The van der Waals surface area contributed by atoms with Crippen LogP contribution < -0.4 is 0 Å². The van der Waals surface area contributed by atoms with Gasteiger partial charge in [0.1, 0.15) is 0 Å². The van der Waals surface area contributed by atoms with E-state index < -0.39 is 0 Å². The van der Waals surface area contributed by atoms with E-state index in [1.807, 2.05) is 12.4 Å². The Labute approximate surface area is 69.7 Å². The average molecular weight is 163 g/mol. The first-order chi connectivity index (χ1) is 5.36. The van der Waals surface area contributed by atoms with Gasteiger partial charge in [-0.2, -0.15) is 0 Å². The lowest BCUT2D eigenvalue weighted by molar-refractivity contribution is 1.42. The van der Waals surface area contributed by atoms with Crippen LogP contribution in [0.3, 0.4) is 0 Å². The van der Waals surface area contributed by atoms with Crippen LogP contribution in [0.15, 0.2) is 29.9 Å². The Morgan fingerprint density at radius 2 is 2.36 bits per heavy atom. The summed E-state index contributed by atoms with van der Waals surface area (Å²) in [4.78, 5) is 4.38. The summed E-state index contributed by atoms with van der Waals surface area (Å²) in [5.41, 5.74) is 2.62. The zero-order valence-corrected chi connectivity index (χ0v) is 7.11. The number of nitrogens with one attached hydrogen (secondary N) is 1. The van der Waals surface area contributed by atoms with Crippen LogP contribution >= 0.6 is 11.3 Å². The number of H-pyrrole nitrogens is 1. The Morgan fingerprint density at radius 3 is 2.91 bits per heavy atom. The molecule has 2 heterocycles. The van der Waals surface area contributed by atoms with E-state index in [9.17, 15) is 0 Å². The van der Waals surface area contributed by atoms with Crippen LogP contribution in [0.4, 0.5) is 0 Å². The molecule has 56 valence electrons. The second kappa shape index (κ2) is 2.55. The quantitative estimate of drug-likeness (QED) is 0.665. The fraction of sp³-hybridized carbons (Fsp3) is 0.111. The summed E-state index contributed by atoms with van der Waals surface area (Å²) in [6, 6.07) is 4.29. The van der Waals surface area contributed by atoms with E-state index in [4.69, 9.17) is 0 Å². The van der Waals surface area contributed by atoms with Gasteiger partial charge in [-0.1, -0.05) is 0 Å². The van der Waals surface area contributed by atoms with Crippen LogP contribution in [-0.2, 0) is 0 Å². The molecule has 2 heteroatoms. The van der Waals surface area contributed by atoms with Gasteiger partial charge in [0.2, 0.25) is 0 Å². The van der Waals surface area contributed by atoms with Crippen molar-refractivity contribution in [2.24, 2.45) is 0 Å². The molecule has 0 aliphatic heterocycles. The molecule has 1 nitrogen and oxygen atoms in total. The standard InChI is InChI=1S/C9H9NS/c1-7-4-9(11-6-7)8-2-3-10-5-8/h2-6,10H,1H3. The highest BCUT2D eigenvalue weighted by atomic mass is 32.1. The van der Waals surface area contributed by atoms with Crippen molar-refractivity contribution in [1.82, 2.24) is 4.98 Å². The average Bonchev–Trinajstić information content (AvgIpc) is 2.55. The van der Waals surface area contributed by atoms with Crippen molar-refractivity contribution in [3.05, 3.63) is 35.5 Å². The molecule has 2 rings (SSSR count). The van der Waals surface area contributed by atoms with Crippen molar-refractivity contribution in [3.63, 3.8) is 0 Å². The van der Waals surface area contributed by atoms with Gasteiger partial charge in [0.25, 0.3) is 0 Å². The van der Waals surface area contributed by atoms with Gasteiger partial charge >= 0.3 is 0 Å². The lowest BCUT2D eigenvalue weighted by atomic mass is 10.2. The molecule has 1 N–H and O–H groups in total. The Morgan fingerprint density at radius 1 is 1.45 bits per heavy atom. The normalized spacial score (nSPS) is 10.3. The second-order valence-electron chi connectivity index (χ2n) is 2.59. The van der Waals surface area contributed by atoms with E-state index in [0.29, 0.717) is 0 Å². The number of hydrogen-bond acceptors (Lipinski definition) is 1. The lowest BCUT2D eigenvalue weighted by Crippen LogP contribution is -1.61. The zero-order valence-electron chi connectivity index (χ0n) is 6.29. The largest absolute Gasteiger partial charge is 0.367 e. The SMILES string of the molecule is Cc1csc(-c2cc[nH]c2)c1. The molecule has 0 unspecified atom stereocenters. The number of aromatic amines is 1. The van der Waals surface area contributed by atoms with Gasteiger partial charge in [0, 0.05) is 22.8 Å². The molecule has 0 aliphatic carbocycles. The van der Waals surface area contributed by atoms with Crippen LogP contribution in [0.1, 0.15) is 5.56 Å². The highest BCUT2D eigenvalue weighted by Crippen LogP contribution is 2.25. The molecule has 0 spiro atoms. The molecular weight excluding hydrogens is 154 g/mol. The molecule has 2 aromatic heterocycles. The van der Waals surface area contributed by atoms with Crippen molar-refractivity contribution in [2.75, 3.05) is 0 Å². The van der Waals surface area contributed by atoms with Gasteiger partial charge in [0.05, 0.1) is 0 Å². The number of hydrogen-bond donors (Lipinski definition) is 1. The molecule has 0 aromatic carbocycles. The van der Waals surface area contributed by atoms with E-state index in [1.54, 1.807) is 11.3 Å². The fourth-order valence-electron chi connectivity index (χ4n) is 1.06. The number of rotatable bonds is 1. The van der Waals surface area contributed by atoms with Crippen molar-refractivity contribution in [2.45, 2.75) is 6.92 Å². The Hall–Kier alpha value is -1.02. The summed E-state index contributed by atoms with van der Waals surface area (Å²) in [6.07, 6.45) is 3.97. The first-order valence-electron chi connectivity index (χ1n) is 3.54. The summed E-state index contributed by atoms with van der Waals surface area (Å²) in [6.45, 7) is 2.12. The van der Waals surface area contributed by atoms with Gasteiger partial charge in [0.15, 0.2) is 0 Å². The molecule has 0 aliphatic rings. The summed E-state index contributed by atoms with van der Waals surface area (Å²) < 4.78 is 0. The second-order valence-corrected chi connectivity index (χ2v) is 3.50. The summed E-state index contributed by atoms with van der Waals surface area (Å²) in [7, 11) is 0. The lowest BCUT2D eigenvalue weighted by Gasteiger charge is -1.86. The third-order valence-electron chi connectivity index (χ3n) is 1.61. The number of aromatic nitrogens is 1. The van der Waals surface area contributed by atoms with Crippen molar-refractivity contribution >= 4 is 11.3 Å². The van der Waals surface area contributed by atoms with E-state index in [1.165, 1.54) is 16.0 Å². The molecule has 0 saturated heterocycles. The van der Waals surface area contributed by atoms with Gasteiger partial charge < -0.3 is 4.98 Å². The molecule has 0 radical (unpaired) electrons. The zero-order chi connectivity index (χ0) is 7.68. The molecule has 11 heavy (non-hydrogen) atoms. The fourth-order valence-corrected chi connectivity index (χ4v) is 1.96. The minimum absolute atomic E-state index is 1.28. The molecule has 2 aromatic rings. The highest BCUT2D eigenvalue weighted by Gasteiger charge is 1.98. The van der Waals surface area contributed by atoms with Crippen LogP contribution in [-0.4, -0.2) is 4.98 Å². The smallest absolute Gasteiger partial charge is 0.0360 e. The molecular formula is C9H9NS. The van der Waals surface area contributed by atoms with Gasteiger partial charge in [-0.3, -0.25) is 0 Å². The molecule has 0 fully saturated rings. The summed E-state index contributed by atoms with van der Waals surface area (Å²) in [5.74, 6) is 0. The van der Waals surface area contributed by atoms with Crippen molar-refractivity contribution in [1.29, 1.82) is 0 Å². The summed E-state index contributed by atoms with van der Waals surface area (Å²) >= 11 is 1.79. The van der Waals surface area contributed by atoms with Crippen LogP contribution in [0.25, 0.3) is 10.4 Å². The number of thiophene rings is 1. The topological polar surface area (TPSA) is 15.8 Å². The molecule has 0 atom stereocenters. The maximum atomic E-state index is 3.04. The summed E-state index contributed by atoms with van der Waals surface area (Å²) in [5, 5.41) is 2.17. The van der Waals surface area contributed by atoms with Crippen LogP contribution in [0, 0.1) is 6.92 Å².